The average Bonchev–Trinajstić information content (AvgIpc) is 2.97. The van der Waals surface area contributed by atoms with Gasteiger partial charge in [0.2, 0.25) is 0 Å². The third-order valence-electron chi connectivity index (χ3n) is 2.49. The number of amides is 1. The van der Waals surface area contributed by atoms with E-state index in [0.29, 0.717) is 22.9 Å². The predicted molar refractivity (Wildman–Crippen MR) is 69.9 cm³/mol. The van der Waals surface area contributed by atoms with Crippen LogP contribution in [0.25, 0.3) is 0 Å². The van der Waals surface area contributed by atoms with Gasteiger partial charge in [-0.05, 0) is 12.1 Å². The molecule has 0 saturated heterocycles. The van der Waals surface area contributed by atoms with Gasteiger partial charge in [0.05, 0.1) is 25.8 Å². The molecule has 2 N–H and O–H groups in total. The van der Waals surface area contributed by atoms with Gasteiger partial charge in [0.25, 0.3) is 5.91 Å². The van der Waals surface area contributed by atoms with Gasteiger partial charge >= 0.3 is 0 Å². The molecule has 1 amide bonds. The number of carbonyl (C=O) groups is 1. The van der Waals surface area contributed by atoms with Gasteiger partial charge in [-0.2, -0.15) is 5.21 Å². The number of hydrogen-bond donors (Lipinski definition) is 2. The summed E-state index contributed by atoms with van der Waals surface area (Å²) in [6, 6.07) is 3.03. The molecular weight excluding hydrogens is 286 g/mol. The topological polar surface area (TPSA) is 102 Å². The Labute approximate surface area is 119 Å². The number of tetrazole rings is 1. The molecule has 0 aliphatic rings. The molecule has 2 aromatic rings. The number of rotatable bonds is 5. The number of aromatic nitrogens is 4. The van der Waals surface area contributed by atoms with Crippen molar-refractivity contribution in [2.75, 3.05) is 14.2 Å². The maximum absolute atomic E-state index is 12.0. The zero-order valence-corrected chi connectivity index (χ0v) is 11.6. The van der Waals surface area contributed by atoms with Crippen molar-refractivity contribution in [1.82, 2.24) is 25.9 Å². The van der Waals surface area contributed by atoms with Crippen molar-refractivity contribution in [1.29, 1.82) is 0 Å². The Morgan fingerprint density at radius 2 is 2.20 bits per heavy atom. The first kappa shape index (κ1) is 14.1. The lowest BCUT2D eigenvalue weighted by atomic mass is 10.2. The van der Waals surface area contributed by atoms with Crippen LogP contribution in [0.2, 0.25) is 5.02 Å². The summed E-state index contributed by atoms with van der Waals surface area (Å²) in [5.74, 6) is 0.802. The lowest BCUT2D eigenvalue weighted by molar-refractivity contribution is 0.0949. The van der Waals surface area contributed by atoms with Gasteiger partial charge in [-0.1, -0.05) is 16.8 Å². The maximum atomic E-state index is 12.0. The minimum atomic E-state index is -0.336. The number of H-pyrrole nitrogens is 1. The Morgan fingerprint density at radius 1 is 1.40 bits per heavy atom. The Balaban J connectivity index is 2.15. The smallest absolute Gasteiger partial charge is 0.251 e. The summed E-state index contributed by atoms with van der Waals surface area (Å²) >= 11 is 6.03. The van der Waals surface area contributed by atoms with E-state index in [1.165, 1.54) is 26.4 Å². The quantitative estimate of drug-likeness (QED) is 0.846. The molecule has 106 valence electrons. The summed E-state index contributed by atoms with van der Waals surface area (Å²) in [5.41, 5.74) is 0.344. The van der Waals surface area contributed by atoms with Crippen molar-refractivity contribution in [3.8, 4) is 11.5 Å². The molecule has 2 rings (SSSR count). The van der Waals surface area contributed by atoms with Gasteiger partial charge in [0, 0.05) is 5.56 Å². The Morgan fingerprint density at radius 3 is 2.80 bits per heavy atom. The molecule has 0 radical (unpaired) electrons. The molecule has 0 atom stereocenters. The zero-order valence-electron chi connectivity index (χ0n) is 10.8. The van der Waals surface area contributed by atoms with Crippen LogP contribution in [0.4, 0.5) is 0 Å². The predicted octanol–water partition coefficient (Wildman–Crippen LogP) is 0.800. The molecule has 1 aromatic carbocycles. The minimum Gasteiger partial charge on any atom is -0.493 e. The number of halogens is 1. The van der Waals surface area contributed by atoms with Gasteiger partial charge in [0.1, 0.15) is 0 Å². The summed E-state index contributed by atoms with van der Waals surface area (Å²) in [6.07, 6.45) is 0. The van der Waals surface area contributed by atoms with Crippen molar-refractivity contribution in [2.45, 2.75) is 6.54 Å². The van der Waals surface area contributed by atoms with Crippen molar-refractivity contribution < 1.29 is 14.3 Å². The second-order valence-corrected chi connectivity index (χ2v) is 4.11. The van der Waals surface area contributed by atoms with Crippen LogP contribution in [0.5, 0.6) is 11.5 Å². The first-order chi connectivity index (χ1) is 9.65. The molecule has 20 heavy (non-hydrogen) atoms. The normalized spacial score (nSPS) is 10.2. The second-order valence-electron chi connectivity index (χ2n) is 3.70. The maximum Gasteiger partial charge on any atom is 0.251 e. The molecule has 0 spiro atoms. The fourth-order valence-corrected chi connectivity index (χ4v) is 1.86. The van der Waals surface area contributed by atoms with Crippen molar-refractivity contribution >= 4 is 17.5 Å². The van der Waals surface area contributed by atoms with Gasteiger partial charge in [-0.15, -0.1) is 10.2 Å². The highest BCUT2D eigenvalue weighted by Crippen LogP contribution is 2.35. The molecule has 0 fully saturated rings. The van der Waals surface area contributed by atoms with Crippen molar-refractivity contribution in [2.24, 2.45) is 0 Å². The molecule has 9 heteroatoms. The fraction of sp³-hybridized carbons (Fsp3) is 0.273. The van der Waals surface area contributed by atoms with E-state index in [1.54, 1.807) is 0 Å². The summed E-state index contributed by atoms with van der Waals surface area (Å²) in [5, 5.41) is 16.1. The van der Waals surface area contributed by atoms with Crippen LogP contribution in [0, 0.1) is 0 Å². The van der Waals surface area contributed by atoms with Gasteiger partial charge in [0.15, 0.2) is 17.3 Å². The molecule has 0 bridgehead atoms. The molecule has 0 saturated carbocycles. The number of methoxy groups -OCH3 is 2. The monoisotopic (exact) mass is 297 g/mol. The summed E-state index contributed by atoms with van der Waals surface area (Å²) < 4.78 is 10.2. The van der Waals surface area contributed by atoms with Gasteiger partial charge < -0.3 is 14.8 Å². The summed E-state index contributed by atoms with van der Waals surface area (Å²) in [4.78, 5) is 12.0. The summed E-state index contributed by atoms with van der Waals surface area (Å²) in [7, 11) is 2.94. The molecule has 8 nitrogen and oxygen atoms in total. The van der Waals surface area contributed by atoms with Crippen LogP contribution in [0.1, 0.15) is 16.2 Å². The Hall–Kier alpha value is -2.35. The fourth-order valence-electron chi connectivity index (χ4n) is 1.57. The van der Waals surface area contributed by atoms with Crippen LogP contribution >= 0.6 is 11.6 Å². The number of hydrogen-bond acceptors (Lipinski definition) is 6. The third-order valence-corrected chi connectivity index (χ3v) is 2.77. The van der Waals surface area contributed by atoms with Crippen molar-refractivity contribution in [3.05, 3.63) is 28.5 Å². The highest BCUT2D eigenvalue weighted by molar-refractivity contribution is 6.32. The molecule has 1 heterocycles. The molecule has 1 aromatic heterocycles. The van der Waals surface area contributed by atoms with Crippen LogP contribution < -0.4 is 14.8 Å². The van der Waals surface area contributed by atoms with E-state index < -0.39 is 0 Å². The van der Waals surface area contributed by atoms with Crippen molar-refractivity contribution in [3.63, 3.8) is 0 Å². The Bertz CT molecular complexity index is 602. The number of nitrogens with one attached hydrogen (secondary N) is 2. The minimum absolute atomic E-state index is 0.154. The van der Waals surface area contributed by atoms with E-state index in [9.17, 15) is 4.79 Å². The molecule has 0 unspecified atom stereocenters. The first-order valence-corrected chi connectivity index (χ1v) is 5.95. The van der Waals surface area contributed by atoms with Crippen LogP contribution in [-0.2, 0) is 6.54 Å². The molecule has 0 aliphatic carbocycles. The molecular formula is C11H12ClN5O3. The largest absolute Gasteiger partial charge is 0.493 e. The number of benzene rings is 1. The third kappa shape index (κ3) is 2.97. The van der Waals surface area contributed by atoms with E-state index in [1.807, 2.05) is 0 Å². The van der Waals surface area contributed by atoms with E-state index in [4.69, 9.17) is 21.1 Å². The number of nitrogens with zero attached hydrogens (tertiary/aromatic N) is 3. The van der Waals surface area contributed by atoms with Gasteiger partial charge in [-0.25, -0.2) is 0 Å². The highest BCUT2D eigenvalue weighted by Gasteiger charge is 2.15. The first-order valence-electron chi connectivity index (χ1n) is 5.57. The Kier molecular flexibility index (Phi) is 4.36. The summed E-state index contributed by atoms with van der Waals surface area (Å²) in [6.45, 7) is 0.154. The zero-order chi connectivity index (χ0) is 14.5. The van der Waals surface area contributed by atoms with E-state index in [-0.39, 0.29) is 17.5 Å². The highest BCUT2D eigenvalue weighted by atomic mass is 35.5. The lowest BCUT2D eigenvalue weighted by Gasteiger charge is -2.11. The van der Waals surface area contributed by atoms with Crippen LogP contribution in [-0.4, -0.2) is 40.8 Å². The molecule has 0 aliphatic heterocycles. The number of ether oxygens (including phenoxy) is 2. The average molecular weight is 298 g/mol. The standard InChI is InChI=1S/C11H12ClN5O3/c1-19-8-4-6(3-7(12)10(8)20-2)11(18)13-5-9-14-16-17-15-9/h3-4H,5H2,1-2H3,(H,13,18)(H,14,15,16,17). The SMILES string of the molecule is COc1cc(C(=O)NCc2nn[nH]n2)cc(Cl)c1OC. The lowest BCUT2D eigenvalue weighted by Crippen LogP contribution is -2.23. The second kappa shape index (κ2) is 6.20. The van der Waals surface area contributed by atoms with Crippen LogP contribution in [0.15, 0.2) is 12.1 Å². The van der Waals surface area contributed by atoms with E-state index >= 15 is 0 Å². The number of carbonyl (C=O) groups excluding carboxylic acids is 1. The van der Waals surface area contributed by atoms with E-state index in [2.05, 4.69) is 25.9 Å². The van der Waals surface area contributed by atoms with E-state index in [0.717, 1.165) is 0 Å². The van der Waals surface area contributed by atoms with Gasteiger partial charge in [-0.3, -0.25) is 4.79 Å². The van der Waals surface area contributed by atoms with Crippen LogP contribution in [0.3, 0.4) is 0 Å². The number of aromatic amines is 1.